The van der Waals surface area contributed by atoms with E-state index in [1.54, 1.807) is 25.1 Å². The predicted molar refractivity (Wildman–Crippen MR) is 86.7 cm³/mol. The molecule has 2 aromatic rings. The summed E-state index contributed by atoms with van der Waals surface area (Å²) in [5.74, 6) is -0.0918. The molecule has 2 rings (SSSR count). The molecule has 1 amide bonds. The van der Waals surface area contributed by atoms with E-state index in [1.165, 1.54) is 11.8 Å². The minimum absolute atomic E-state index is 0.0120. The van der Waals surface area contributed by atoms with Gasteiger partial charge in [-0.1, -0.05) is 37.2 Å². The summed E-state index contributed by atoms with van der Waals surface area (Å²) in [6, 6.07) is 7.30. The second-order valence-corrected chi connectivity index (χ2v) is 6.76. The molecule has 0 aliphatic rings. The lowest BCUT2D eigenvalue weighted by Gasteiger charge is -2.27. The Morgan fingerprint density at radius 3 is 2.95 bits per heavy atom. The van der Waals surface area contributed by atoms with Crippen molar-refractivity contribution in [3.63, 3.8) is 0 Å². The molecule has 0 fully saturated rings. The van der Waals surface area contributed by atoms with Crippen LogP contribution in [0.15, 0.2) is 27.8 Å². The Labute approximate surface area is 138 Å². The van der Waals surface area contributed by atoms with Crippen LogP contribution in [0.25, 0.3) is 11.1 Å². The summed E-state index contributed by atoms with van der Waals surface area (Å²) in [6.07, 6.45) is 0. The fraction of sp³-hybridized carbons (Fsp3) is 0.400. The molecule has 1 N–H and O–H groups in total. The highest BCUT2D eigenvalue weighted by atomic mass is 35.5. The number of nitrogens with one attached hydrogen (secondary N) is 1. The highest BCUT2D eigenvalue weighted by molar-refractivity contribution is 7.99. The van der Waals surface area contributed by atoms with Gasteiger partial charge in [-0.3, -0.25) is 4.79 Å². The zero-order valence-electron chi connectivity index (χ0n) is 12.5. The highest BCUT2D eigenvalue weighted by Crippen LogP contribution is 2.25. The van der Waals surface area contributed by atoms with Gasteiger partial charge in [0.05, 0.1) is 11.8 Å². The lowest BCUT2D eigenvalue weighted by atomic mass is 9.90. The van der Waals surface area contributed by atoms with Gasteiger partial charge < -0.3 is 9.73 Å². The van der Waals surface area contributed by atoms with Crippen LogP contribution in [0.4, 0.5) is 0 Å². The topological polar surface area (TPSA) is 78.9 Å². The molecule has 116 valence electrons. The maximum Gasteiger partial charge on any atom is 0.257 e. The van der Waals surface area contributed by atoms with Crippen molar-refractivity contribution in [1.29, 1.82) is 5.26 Å². The number of carbonyl (C=O) groups excluding carboxylic acids is 1. The summed E-state index contributed by atoms with van der Waals surface area (Å²) < 4.78 is 5.53. The van der Waals surface area contributed by atoms with E-state index in [0.29, 0.717) is 21.3 Å². The normalized spacial score (nSPS) is 13.8. The van der Waals surface area contributed by atoms with Gasteiger partial charge in [-0.25, -0.2) is 4.98 Å². The molecule has 1 atom stereocenters. The quantitative estimate of drug-likeness (QED) is 0.843. The first kappa shape index (κ1) is 16.7. The van der Waals surface area contributed by atoms with Gasteiger partial charge in [-0.05, 0) is 31.0 Å². The zero-order valence-corrected chi connectivity index (χ0v) is 14.1. The average molecular weight is 338 g/mol. The molecule has 7 heteroatoms. The number of fused-ring (bicyclic) bond motifs is 1. The maximum atomic E-state index is 12.0. The number of rotatable bonds is 5. The minimum atomic E-state index is -0.882. The molecular weight excluding hydrogens is 322 g/mol. The lowest BCUT2D eigenvalue weighted by Crippen LogP contribution is -2.49. The van der Waals surface area contributed by atoms with Crippen molar-refractivity contribution >= 4 is 40.4 Å². The molecular formula is C15H16ClN3O2S. The van der Waals surface area contributed by atoms with E-state index in [1.807, 2.05) is 13.8 Å². The lowest BCUT2D eigenvalue weighted by molar-refractivity contribution is -0.120. The Hall–Kier alpha value is -1.71. The van der Waals surface area contributed by atoms with Gasteiger partial charge in [0, 0.05) is 5.02 Å². The van der Waals surface area contributed by atoms with Crippen molar-refractivity contribution in [3.05, 3.63) is 23.2 Å². The van der Waals surface area contributed by atoms with Crippen LogP contribution in [-0.2, 0) is 4.79 Å². The number of hydrogen-bond acceptors (Lipinski definition) is 5. The zero-order chi connectivity index (χ0) is 16.3. The van der Waals surface area contributed by atoms with Gasteiger partial charge in [0.1, 0.15) is 11.1 Å². The van der Waals surface area contributed by atoms with Crippen molar-refractivity contribution < 1.29 is 9.21 Å². The average Bonchev–Trinajstić information content (AvgIpc) is 2.86. The number of amides is 1. The molecule has 0 bridgehead atoms. The van der Waals surface area contributed by atoms with Crippen molar-refractivity contribution in [2.24, 2.45) is 5.92 Å². The Kier molecular flexibility index (Phi) is 4.99. The van der Waals surface area contributed by atoms with Gasteiger partial charge in [-0.2, -0.15) is 5.26 Å². The standard InChI is InChI=1S/C15H16ClN3O2S/c1-9(2)15(3,8-17)19-13(20)7-22-14-18-11-6-10(16)4-5-12(11)21-14/h4-6,9H,7H2,1-3H3,(H,19,20)/t15-/m1/s1. The van der Waals surface area contributed by atoms with Crippen LogP contribution in [0.1, 0.15) is 20.8 Å². The number of nitrogens with zero attached hydrogens (tertiary/aromatic N) is 2. The van der Waals surface area contributed by atoms with Crippen LogP contribution >= 0.6 is 23.4 Å². The molecule has 0 saturated heterocycles. The van der Waals surface area contributed by atoms with Gasteiger partial charge in [0.2, 0.25) is 5.91 Å². The van der Waals surface area contributed by atoms with Crippen molar-refractivity contribution in [3.8, 4) is 6.07 Å². The SMILES string of the molecule is CC(C)[C@@](C)(C#N)NC(=O)CSc1nc2cc(Cl)ccc2o1. The summed E-state index contributed by atoms with van der Waals surface area (Å²) in [7, 11) is 0. The molecule has 0 unspecified atom stereocenters. The Morgan fingerprint density at radius 2 is 2.32 bits per heavy atom. The number of thioether (sulfide) groups is 1. The third-order valence-corrected chi connectivity index (χ3v) is 4.51. The third kappa shape index (κ3) is 3.73. The summed E-state index contributed by atoms with van der Waals surface area (Å²) in [4.78, 5) is 16.3. The first-order chi connectivity index (χ1) is 10.3. The van der Waals surface area contributed by atoms with E-state index in [9.17, 15) is 10.1 Å². The number of carbonyl (C=O) groups is 1. The summed E-state index contributed by atoms with van der Waals surface area (Å²) in [5, 5.41) is 12.9. The maximum absolute atomic E-state index is 12.0. The van der Waals surface area contributed by atoms with Crippen LogP contribution in [0.2, 0.25) is 5.02 Å². The second-order valence-electron chi connectivity index (χ2n) is 5.40. The molecule has 0 aliphatic carbocycles. The van der Waals surface area contributed by atoms with E-state index in [0.717, 1.165) is 0 Å². The van der Waals surface area contributed by atoms with Crippen molar-refractivity contribution in [2.45, 2.75) is 31.5 Å². The van der Waals surface area contributed by atoms with Crippen LogP contribution in [-0.4, -0.2) is 22.2 Å². The van der Waals surface area contributed by atoms with Crippen LogP contribution < -0.4 is 5.32 Å². The Bertz CT molecular complexity index is 738. The summed E-state index contributed by atoms with van der Waals surface area (Å²) in [6.45, 7) is 5.49. The number of halogens is 1. The van der Waals surface area contributed by atoms with E-state index in [2.05, 4.69) is 16.4 Å². The van der Waals surface area contributed by atoms with Crippen molar-refractivity contribution in [1.82, 2.24) is 10.3 Å². The van der Waals surface area contributed by atoms with Crippen LogP contribution in [0.5, 0.6) is 0 Å². The second kappa shape index (κ2) is 6.59. The van der Waals surface area contributed by atoms with E-state index in [4.69, 9.17) is 16.0 Å². The molecule has 0 radical (unpaired) electrons. The molecule has 0 spiro atoms. The van der Waals surface area contributed by atoms with Crippen molar-refractivity contribution in [2.75, 3.05) is 5.75 Å². The number of aromatic nitrogens is 1. The van der Waals surface area contributed by atoms with Gasteiger partial charge in [0.15, 0.2) is 5.58 Å². The molecule has 1 aromatic carbocycles. The minimum Gasteiger partial charge on any atom is -0.431 e. The fourth-order valence-electron chi connectivity index (χ4n) is 1.70. The first-order valence-electron chi connectivity index (χ1n) is 6.75. The number of oxazole rings is 1. The fourth-order valence-corrected chi connectivity index (χ4v) is 2.50. The first-order valence-corrected chi connectivity index (χ1v) is 8.11. The van der Waals surface area contributed by atoms with Crippen LogP contribution in [0.3, 0.4) is 0 Å². The monoisotopic (exact) mass is 337 g/mol. The van der Waals surface area contributed by atoms with Crippen LogP contribution in [0, 0.1) is 17.2 Å². The van der Waals surface area contributed by atoms with E-state index in [-0.39, 0.29) is 17.6 Å². The van der Waals surface area contributed by atoms with E-state index < -0.39 is 5.54 Å². The van der Waals surface area contributed by atoms with Gasteiger partial charge in [-0.15, -0.1) is 0 Å². The summed E-state index contributed by atoms with van der Waals surface area (Å²) in [5.41, 5.74) is 0.391. The van der Waals surface area contributed by atoms with Gasteiger partial charge >= 0.3 is 0 Å². The molecule has 5 nitrogen and oxygen atoms in total. The number of nitriles is 1. The molecule has 1 aromatic heterocycles. The summed E-state index contributed by atoms with van der Waals surface area (Å²) >= 11 is 7.07. The predicted octanol–water partition coefficient (Wildman–Crippen LogP) is 3.63. The number of hydrogen-bond donors (Lipinski definition) is 1. The van der Waals surface area contributed by atoms with E-state index >= 15 is 0 Å². The van der Waals surface area contributed by atoms with Gasteiger partial charge in [0.25, 0.3) is 5.22 Å². The smallest absolute Gasteiger partial charge is 0.257 e. The molecule has 22 heavy (non-hydrogen) atoms. The number of benzene rings is 1. The Morgan fingerprint density at radius 1 is 1.59 bits per heavy atom. The Balaban J connectivity index is 1.99. The highest BCUT2D eigenvalue weighted by Gasteiger charge is 2.29. The molecule has 0 aliphatic heterocycles. The molecule has 0 saturated carbocycles. The molecule has 1 heterocycles. The largest absolute Gasteiger partial charge is 0.431 e. The third-order valence-electron chi connectivity index (χ3n) is 3.44.